The standard InChI is InChI=1S/C8H6Cl2FNO/c9-5-1-2-6(10)7(3-5)12-8(13)4-11/h1-3H,4H2,(H,12,13). The number of hydrogen-bond acceptors (Lipinski definition) is 1. The van der Waals surface area contributed by atoms with Crippen molar-refractivity contribution < 1.29 is 9.18 Å². The van der Waals surface area contributed by atoms with E-state index in [1.54, 1.807) is 6.07 Å². The van der Waals surface area contributed by atoms with Gasteiger partial charge < -0.3 is 5.32 Å². The zero-order valence-corrected chi connectivity index (χ0v) is 7.99. The van der Waals surface area contributed by atoms with Crippen molar-refractivity contribution in [1.29, 1.82) is 0 Å². The molecular formula is C8H6Cl2FNO. The number of hydrogen-bond donors (Lipinski definition) is 1. The molecule has 0 saturated carbocycles. The van der Waals surface area contributed by atoms with Crippen molar-refractivity contribution >= 4 is 34.8 Å². The average molecular weight is 222 g/mol. The fourth-order valence-electron chi connectivity index (χ4n) is 0.777. The van der Waals surface area contributed by atoms with Crippen LogP contribution in [0.25, 0.3) is 0 Å². The first kappa shape index (κ1) is 10.3. The fraction of sp³-hybridized carbons (Fsp3) is 0.125. The number of alkyl halides is 1. The molecule has 0 bridgehead atoms. The molecule has 0 radical (unpaired) electrons. The van der Waals surface area contributed by atoms with Crippen molar-refractivity contribution in [3.63, 3.8) is 0 Å². The molecule has 1 aromatic rings. The molecule has 0 fully saturated rings. The fourth-order valence-corrected chi connectivity index (χ4v) is 1.11. The number of anilines is 1. The maximum absolute atomic E-state index is 11.8. The van der Waals surface area contributed by atoms with Crippen molar-refractivity contribution in [2.24, 2.45) is 0 Å². The number of rotatable bonds is 2. The van der Waals surface area contributed by atoms with Gasteiger partial charge in [0.1, 0.15) is 0 Å². The van der Waals surface area contributed by atoms with Gasteiger partial charge in [-0.05, 0) is 18.2 Å². The van der Waals surface area contributed by atoms with E-state index in [2.05, 4.69) is 5.32 Å². The summed E-state index contributed by atoms with van der Waals surface area (Å²) in [5.74, 6) is -0.746. The Morgan fingerprint density at radius 1 is 1.46 bits per heavy atom. The van der Waals surface area contributed by atoms with Gasteiger partial charge >= 0.3 is 0 Å². The third-order valence-electron chi connectivity index (χ3n) is 1.32. The minimum Gasteiger partial charge on any atom is -0.322 e. The predicted octanol–water partition coefficient (Wildman–Crippen LogP) is 2.90. The van der Waals surface area contributed by atoms with Crippen LogP contribution in [0.3, 0.4) is 0 Å². The van der Waals surface area contributed by atoms with E-state index < -0.39 is 12.6 Å². The summed E-state index contributed by atoms with van der Waals surface area (Å²) in [4.78, 5) is 10.7. The van der Waals surface area contributed by atoms with Crippen molar-refractivity contribution in [3.8, 4) is 0 Å². The van der Waals surface area contributed by atoms with Crippen LogP contribution < -0.4 is 5.32 Å². The molecule has 1 amide bonds. The lowest BCUT2D eigenvalue weighted by molar-refractivity contribution is -0.117. The molecule has 2 nitrogen and oxygen atoms in total. The van der Waals surface area contributed by atoms with Crippen LogP contribution in [0.5, 0.6) is 0 Å². The Hall–Kier alpha value is -0.800. The van der Waals surface area contributed by atoms with Gasteiger partial charge in [-0.25, -0.2) is 4.39 Å². The van der Waals surface area contributed by atoms with Gasteiger partial charge in [-0.1, -0.05) is 23.2 Å². The van der Waals surface area contributed by atoms with Gasteiger partial charge in [0.2, 0.25) is 0 Å². The summed E-state index contributed by atoms with van der Waals surface area (Å²) in [6.07, 6.45) is 0. The highest BCUT2D eigenvalue weighted by Crippen LogP contribution is 2.25. The van der Waals surface area contributed by atoms with Crippen molar-refractivity contribution in [2.45, 2.75) is 0 Å². The summed E-state index contributed by atoms with van der Waals surface area (Å²) in [5, 5.41) is 3.02. The van der Waals surface area contributed by atoms with Crippen LogP contribution in [-0.2, 0) is 4.79 Å². The molecule has 13 heavy (non-hydrogen) atoms. The number of halogens is 3. The summed E-state index contributed by atoms with van der Waals surface area (Å²) in [6.45, 7) is -1.08. The van der Waals surface area contributed by atoms with Gasteiger partial charge in [0, 0.05) is 5.02 Å². The van der Waals surface area contributed by atoms with Crippen LogP contribution in [0.4, 0.5) is 10.1 Å². The lowest BCUT2D eigenvalue weighted by atomic mass is 10.3. The molecule has 0 aliphatic heterocycles. The molecule has 0 atom stereocenters. The lowest BCUT2D eigenvalue weighted by Gasteiger charge is -2.04. The van der Waals surface area contributed by atoms with E-state index in [1.165, 1.54) is 12.1 Å². The predicted molar refractivity (Wildman–Crippen MR) is 51.1 cm³/mol. The molecule has 0 aromatic heterocycles. The highest BCUT2D eigenvalue weighted by atomic mass is 35.5. The third kappa shape index (κ3) is 2.86. The Morgan fingerprint density at radius 3 is 2.77 bits per heavy atom. The monoisotopic (exact) mass is 221 g/mol. The van der Waals surface area contributed by atoms with Crippen LogP contribution in [0.2, 0.25) is 10.0 Å². The molecule has 0 heterocycles. The van der Waals surface area contributed by atoms with Crippen molar-refractivity contribution in [1.82, 2.24) is 0 Å². The first-order valence-electron chi connectivity index (χ1n) is 3.44. The third-order valence-corrected chi connectivity index (χ3v) is 1.89. The van der Waals surface area contributed by atoms with E-state index in [0.717, 1.165) is 0 Å². The van der Waals surface area contributed by atoms with Crippen LogP contribution in [0.15, 0.2) is 18.2 Å². The zero-order chi connectivity index (χ0) is 9.84. The molecule has 70 valence electrons. The molecule has 0 aliphatic rings. The summed E-state index contributed by atoms with van der Waals surface area (Å²) >= 11 is 11.3. The smallest absolute Gasteiger partial charge is 0.255 e. The van der Waals surface area contributed by atoms with Crippen molar-refractivity contribution in [2.75, 3.05) is 12.0 Å². The van der Waals surface area contributed by atoms with Crippen molar-refractivity contribution in [3.05, 3.63) is 28.2 Å². The quantitative estimate of drug-likeness (QED) is 0.818. The molecule has 0 saturated heterocycles. The second-order valence-electron chi connectivity index (χ2n) is 2.31. The second-order valence-corrected chi connectivity index (χ2v) is 3.15. The Bertz CT molecular complexity index is 330. The summed E-state index contributed by atoms with van der Waals surface area (Å²) in [5.41, 5.74) is 0.316. The van der Waals surface area contributed by atoms with Crippen LogP contribution in [0, 0.1) is 0 Å². The number of benzene rings is 1. The van der Waals surface area contributed by atoms with E-state index in [1.807, 2.05) is 0 Å². The maximum atomic E-state index is 11.8. The zero-order valence-electron chi connectivity index (χ0n) is 6.48. The second kappa shape index (κ2) is 4.44. The van der Waals surface area contributed by atoms with Gasteiger partial charge in [0.05, 0.1) is 10.7 Å². The molecule has 0 unspecified atom stereocenters. The highest BCUT2D eigenvalue weighted by Gasteiger charge is 2.05. The topological polar surface area (TPSA) is 29.1 Å². The number of carbonyl (C=O) groups excluding carboxylic acids is 1. The number of amides is 1. The summed E-state index contributed by atoms with van der Waals surface area (Å²) in [6, 6.07) is 4.56. The Balaban J connectivity index is 2.87. The number of carbonyl (C=O) groups is 1. The first-order chi connectivity index (χ1) is 6.13. The maximum Gasteiger partial charge on any atom is 0.255 e. The van der Waals surface area contributed by atoms with E-state index in [9.17, 15) is 9.18 Å². The van der Waals surface area contributed by atoms with Gasteiger partial charge in [0.15, 0.2) is 6.67 Å². The molecule has 0 aliphatic carbocycles. The van der Waals surface area contributed by atoms with E-state index in [4.69, 9.17) is 23.2 Å². The lowest BCUT2D eigenvalue weighted by Crippen LogP contribution is -2.13. The Morgan fingerprint density at radius 2 is 2.15 bits per heavy atom. The van der Waals surface area contributed by atoms with Gasteiger partial charge in [0.25, 0.3) is 5.91 Å². The van der Waals surface area contributed by atoms with E-state index >= 15 is 0 Å². The average Bonchev–Trinajstić information content (AvgIpc) is 2.11. The first-order valence-corrected chi connectivity index (χ1v) is 4.20. The summed E-state index contributed by atoms with van der Waals surface area (Å²) in [7, 11) is 0. The molecular weight excluding hydrogens is 216 g/mol. The van der Waals surface area contributed by atoms with E-state index in [0.29, 0.717) is 15.7 Å². The summed E-state index contributed by atoms with van der Waals surface area (Å²) < 4.78 is 11.8. The molecule has 1 N–H and O–H groups in total. The van der Waals surface area contributed by atoms with E-state index in [-0.39, 0.29) is 0 Å². The van der Waals surface area contributed by atoms with Gasteiger partial charge in [-0.3, -0.25) is 4.79 Å². The SMILES string of the molecule is O=C(CF)Nc1cc(Cl)ccc1Cl. The largest absolute Gasteiger partial charge is 0.322 e. The minimum absolute atomic E-state index is 0.316. The Labute approximate surface area is 84.6 Å². The molecule has 0 spiro atoms. The molecule has 5 heteroatoms. The van der Waals surface area contributed by atoms with Gasteiger partial charge in [-0.2, -0.15) is 0 Å². The van der Waals surface area contributed by atoms with Crippen LogP contribution in [0.1, 0.15) is 0 Å². The molecule has 1 aromatic carbocycles. The van der Waals surface area contributed by atoms with Crippen LogP contribution >= 0.6 is 23.2 Å². The number of nitrogens with one attached hydrogen (secondary N) is 1. The van der Waals surface area contributed by atoms with Gasteiger partial charge in [-0.15, -0.1) is 0 Å². The van der Waals surface area contributed by atoms with Crippen LogP contribution in [-0.4, -0.2) is 12.6 Å². The minimum atomic E-state index is -1.08. The molecule has 1 rings (SSSR count). The highest BCUT2D eigenvalue weighted by molar-refractivity contribution is 6.35. The normalized spacial score (nSPS) is 9.77. The Kier molecular flexibility index (Phi) is 3.51.